The Kier molecular flexibility index (Phi) is 8.12. The van der Waals surface area contributed by atoms with E-state index in [0.29, 0.717) is 6.42 Å². The third-order valence-electron chi connectivity index (χ3n) is 2.91. The highest BCUT2D eigenvalue weighted by molar-refractivity contribution is 5.93. The van der Waals surface area contributed by atoms with Gasteiger partial charge in [0.2, 0.25) is 5.91 Å². The number of carbonyl (C=O) groups excluding carboxylic acids is 1. The number of benzene rings is 1. The van der Waals surface area contributed by atoms with Gasteiger partial charge in [-0.15, -0.1) is 19.0 Å². The third-order valence-corrected chi connectivity index (χ3v) is 2.91. The van der Waals surface area contributed by atoms with Crippen LogP contribution in [0.3, 0.4) is 0 Å². The molecule has 0 aliphatic carbocycles. The van der Waals surface area contributed by atoms with Gasteiger partial charge in [-0.25, -0.2) is 0 Å². The molecule has 4 heteroatoms. The molecule has 0 bridgehead atoms. The molecule has 0 saturated heterocycles. The summed E-state index contributed by atoms with van der Waals surface area (Å²) in [5.74, 6) is 0.133. The van der Waals surface area contributed by atoms with Crippen LogP contribution in [0.15, 0.2) is 36.9 Å². The molecule has 106 valence electrons. The third kappa shape index (κ3) is 5.05. The van der Waals surface area contributed by atoms with E-state index < -0.39 is 0 Å². The van der Waals surface area contributed by atoms with Crippen LogP contribution in [0.2, 0.25) is 0 Å². The number of hydrogen-bond donors (Lipinski definition) is 0. The summed E-state index contributed by atoms with van der Waals surface area (Å²) in [6, 6.07) is 8.02. The molecule has 0 aliphatic heterocycles. The van der Waals surface area contributed by atoms with Gasteiger partial charge in [-0.3, -0.25) is 9.69 Å². The molecule has 1 aromatic carbocycles. The largest absolute Gasteiger partial charge is 0.315 e. The highest BCUT2D eigenvalue weighted by Crippen LogP contribution is 2.21. The maximum absolute atomic E-state index is 11.8. The Morgan fingerprint density at radius 1 is 1.32 bits per heavy atom. The molecule has 1 aromatic rings. The summed E-state index contributed by atoms with van der Waals surface area (Å²) < 4.78 is 0. The van der Waals surface area contributed by atoms with Crippen LogP contribution in [-0.4, -0.2) is 31.4 Å². The number of rotatable bonds is 6. The van der Waals surface area contributed by atoms with Gasteiger partial charge < -0.3 is 4.90 Å². The molecule has 1 amide bonds. The molecule has 0 aromatic heterocycles. The standard InChI is InChI=1S/C15H22N2O.ClH/c1-5-11-16(3)12-13-9-7-8-10-14(13)17(4)15(18)6-2;/h5,7-10H,1,6,11-12H2,2-4H3;1H. The molecule has 0 N–H and O–H groups in total. The average molecular weight is 283 g/mol. The smallest absolute Gasteiger partial charge is 0.226 e. The molecular formula is C15H23ClN2O. The van der Waals surface area contributed by atoms with Crippen LogP contribution in [0.25, 0.3) is 0 Å². The van der Waals surface area contributed by atoms with Crippen LogP contribution in [-0.2, 0) is 11.3 Å². The van der Waals surface area contributed by atoms with E-state index in [0.717, 1.165) is 24.3 Å². The van der Waals surface area contributed by atoms with E-state index in [2.05, 4.69) is 17.5 Å². The zero-order valence-corrected chi connectivity index (χ0v) is 12.7. The van der Waals surface area contributed by atoms with Gasteiger partial charge in [-0.05, 0) is 18.7 Å². The van der Waals surface area contributed by atoms with Crippen molar-refractivity contribution in [2.75, 3.05) is 25.5 Å². The number of likely N-dealkylation sites (N-methyl/N-ethyl adjacent to an activating group) is 1. The predicted molar refractivity (Wildman–Crippen MR) is 83.9 cm³/mol. The highest BCUT2D eigenvalue weighted by Gasteiger charge is 2.13. The van der Waals surface area contributed by atoms with Crippen molar-refractivity contribution in [3.8, 4) is 0 Å². The summed E-state index contributed by atoms with van der Waals surface area (Å²) in [5, 5.41) is 0. The number of amides is 1. The van der Waals surface area contributed by atoms with Crippen molar-refractivity contribution in [1.82, 2.24) is 4.90 Å². The van der Waals surface area contributed by atoms with Gasteiger partial charge in [0, 0.05) is 32.2 Å². The molecule has 19 heavy (non-hydrogen) atoms. The maximum atomic E-state index is 11.8. The fourth-order valence-electron chi connectivity index (χ4n) is 1.92. The Hall–Kier alpha value is -1.32. The number of hydrogen-bond acceptors (Lipinski definition) is 2. The quantitative estimate of drug-likeness (QED) is 0.749. The van der Waals surface area contributed by atoms with E-state index in [-0.39, 0.29) is 18.3 Å². The zero-order valence-electron chi connectivity index (χ0n) is 11.9. The Bertz CT molecular complexity index is 420. The van der Waals surface area contributed by atoms with E-state index in [1.807, 2.05) is 45.3 Å². The minimum Gasteiger partial charge on any atom is -0.315 e. The minimum atomic E-state index is 0. The van der Waals surface area contributed by atoms with Gasteiger partial charge >= 0.3 is 0 Å². The van der Waals surface area contributed by atoms with Gasteiger partial charge in [0.05, 0.1) is 0 Å². The van der Waals surface area contributed by atoms with Gasteiger partial charge in [-0.1, -0.05) is 31.2 Å². The predicted octanol–water partition coefficient (Wildman–Crippen LogP) is 3.10. The first-order valence-electron chi connectivity index (χ1n) is 6.24. The summed E-state index contributed by atoms with van der Waals surface area (Å²) in [4.78, 5) is 15.7. The summed E-state index contributed by atoms with van der Waals surface area (Å²) in [5.41, 5.74) is 2.14. The van der Waals surface area contributed by atoms with E-state index >= 15 is 0 Å². The van der Waals surface area contributed by atoms with E-state index in [1.165, 1.54) is 0 Å². The fraction of sp³-hybridized carbons (Fsp3) is 0.400. The van der Waals surface area contributed by atoms with Gasteiger partial charge in [-0.2, -0.15) is 0 Å². The summed E-state index contributed by atoms with van der Waals surface area (Å²) in [6.07, 6.45) is 2.40. The number of nitrogens with zero attached hydrogens (tertiary/aromatic N) is 2. The number of carbonyl (C=O) groups is 1. The normalized spacial score (nSPS) is 9.89. The summed E-state index contributed by atoms with van der Waals surface area (Å²) in [7, 11) is 3.87. The number of anilines is 1. The summed E-state index contributed by atoms with van der Waals surface area (Å²) >= 11 is 0. The van der Waals surface area contributed by atoms with Gasteiger partial charge in [0.1, 0.15) is 0 Å². The Balaban J connectivity index is 0.00000324. The molecule has 0 spiro atoms. The monoisotopic (exact) mass is 282 g/mol. The van der Waals surface area contributed by atoms with Crippen LogP contribution in [0.5, 0.6) is 0 Å². The van der Waals surface area contributed by atoms with Crippen LogP contribution >= 0.6 is 12.4 Å². The van der Waals surface area contributed by atoms with Crippen LogP contribution in [0, 0.1) is 0 Å². The second kappa shape index (κ2) is 8.73. The molecule has 0 aliphatic rings. The van der Waals surface area contributed by atoms with Gasteiger partial charge in [0.15, 0.2) is 0 Å². The lowest BCUT2D eigenvalue weighted by atomic mass is 10.1. The van der Waals surface area contributed by atoms with Crippen molar-refractivity contribution in [2.45, 2.75) is 19.9 Å². The molecule has 1 rings (SSSR count). The lowest BCUT2D eigenvalue weighted by Gasteiger charge is -2.23. The molecule has 0 heterocycles. The lowest BCUT2D eigenvalue weighted by Crippen LogP contribution is -2.27. The van der Waals surface area contributed by atoms with Crippen LogP contribution in [0.4, 0.5) is 5.69 Å². The molecule has 0 atom stereocenters. The first-order valence-corrected chi connectivity index (χ1v) is 6.24. The number of halogens is 1. The van der Waals surface area contributed by atoms with Crippen molar-refractivity contribution < 1.29 is 4.79 Å². The summed E-state index contributed by atoms with van der Waals surface area (Å²) in [6.45, 7) is 7.26. The second-order valence-electron chi connectivity index (χ2n) is 4.42. The first-order chi connectivity index (χ1) is 8.60. The first kappa shape index (κ1) is 17.7. The minimum absolute atomic E-state index is 0. The topological polar surface area (TPSA) is 23.6 Å². The van der Waals surface area contributed by atoms with Gasteiger partial charge in [0.25, 0.3) is 0 Å². The molecule has 3 nitrogen and oxygen atoms in total. The second-order valence-corrected chi connectivity index (χ2v) is 4.42. The fourth-order valence-corrected chi connectivity index (χ4v) is 1.92. The van der Waals surface area contributed by atoms with E-state index in [1.54, 1.807) is 4.90 Å². The highest BCUT2D eigenvalue weighted by atomic mass is 35.5. The van der Waals surface area contributed by atoms with Crippen molar-refractivity contribution in [2.24, 2.45) is 0 Å². The van der Waals surface area contributed by atoms with Crippen molar-refractivity contribution in [3.63, 3.8) is 0 Å². The molecule has 0 fully saturated rings. The molecule has 0 saturated carbocycles. The Labute approximate surface area is 122 Å². The van der Waals surface area contributed by atoms with E-state index in [9.17, 15) is 4.79 Å². The Morgan fingerprint density at radius 2 is 1.95 bits per heavy atom. The maximum Gasteiger partial charge on any atom is 0.226 e. The SMILES string of the molecule is C=CCN(C)Cc1ccccc1N(C)C(=O)CC.Cl. The zero-order chi connectivity index (χ0) is 13.5. The number of para-hydroxylation sites is 1. The van der Waals surface area contributed by atoms with Crippen molar-refractivity contribution >= 4 is 24.0 Å². The van der Waals surface area contributed by atoms with Crippen LogP contribution in [0.1, 0.15) is 18.9 Å². The lowest BCUT2D eigenvalue weighted by molar-refractivity contribution is -0.118. The molecule has 0 unspecified atom stereocenters. The molecule has 0 radical (unpaired) electrons. The Morgan fingerprint density at radius 3 is 2.53 bits per heavy atom. The van der Waals surface area contributed by atoms with E-state index in [4.69, 9.17) is 0 Å². The average Bonchev–Trinajstić information content (AvgIpc) is 2.38. The van der Waals surface area contributed by atoms with Crippen molar-refractivity contribution in [3.05, 3.63) is 42.5 Å². The van der Waals surface area contributed by atoms with Crippen LogP contribution < -0.4 is 4.90 Å². The van der Waals surface area contributed by atoms with Crippen molar-refractivity contribution in [1.29, 1.82) is 0 Å². The molecular weight excluding hydrogens is 260 g/mol.